The molecule has 1 aromatic rings. The molecule has 142 valence electrons. The monoisotopic (exact) mass is 368 g/mol. The van der Waals surface area contributed by atoms with E-state index in [4.69, 9.17) is 14.2 Å². The topological polar surface area (TPSA) is 129 Å². The van der Waals surface area contributed by atoms with Crippen molar-refractivity contribution in [2.24, 2.45) is 0 Å². The van der Waals surface area contributed by atoms with Crippen molar-refractivity contribution >= 4 is 17.9 Å². The van der Waals surface area contributed by atoms with Crippen LogP contribution in [0, 0.1) is 0 Å². The molecular weight excluding hydrogens is 348 g/mol. The largest absolute Gasteiger partial charge is 0.463 e. The van der Waals surface area contributed by atoms with Crippen LogP contribution in [0.1, 0.15) is 24.2 Å². The standard InChI is InChI=1S/C17H20O9/c1-10(18)23-8-13-14(25-16(21)12-6-4-3-5-7-12)15(20)17(22,26-13)9-24-11(2)19/h3-7,13-15,20,22H,8-9H2,1-2H3/t13-,14-,15+,17?/m1/s1. The summed E-state index contributed by atoms with van der Waals surface area (Å²) < 4.78 is 20.1. The van der Waals surface area contributed by atoms with Gasteiger partial charge in [-0.25, -0.2) is 4.79 Å². The predicted octanol–water partition coefficient (Wildman–Crippen LogP) is -0.213. The van der Waals surface area contributed by atoms with Crippen LogP contribution < -0.4 is 0 Å². The average Bonchev–Trinajstić information content (AvgIpc) is 2.84. The van der Waals surface area contributed by atoms with E-state index >= 15 is 0 Å². The van der Waals surface area contributed by atoms with Gasteiger partial charge in [0, 0.05) is 13.8 Å². The third-order valence-electron chi connectivity index (χ3n) is 3.68. The van der Waals surface area contributed by atoms with Gasteiger partial charge in [0.15, 0.2) is 12.2 Å². The lowest BCUT2D eigenvalue weighted by Gasteiger charge is -2.25. The van der Waals surface area contributed by atoms with Crippen molar-refractivity contribution in [1.29, 1.82) is 0 Å². The van der Waals surface area contributed by atoms with E-state index in [9.17, 15) is 24.6 Å². The first-order chi connectivity index (χ1) is 12.2. The number of carbonyl (C=O) groups excluding carboxylic acids is 3. The molecule has 1 unspecified atom stereocenters. The summed E-state index contributed by atoms with van der Waals surface area (Å²) in [6.45, 7) is 1.23. The highest BCUT2D eigenvalue weighted by molar-refractivity contribution is 5.89. The van der Waals surface area contributed by atoms with Crippen LogP contribution in [-0.2, 0) is 28.5 Å². The van der Waals surface area contributed by atoms with Crippen molar-refractivity contribution in [3.8, 4) is 0 Å². The molecule has 1 heterocycles. The number of hydrogen-bond acceptors (Lipinski definition) is 9. The van der Waals surface area contributed by atoms with Crippen LogP contribution in [0.2, 0.25) is 0 Å². The quantitative estimate of drug-likeness (QED) is 0.517. The summed E-state index contributed by atoms with van der Waals surface area (Å²) in [6.07, 6.45) is -4.22. The molecule has 2 N–H and O–H groups in total. The minimum Gasteiger partial charge on any atom is -0.463 e. The Labute approximate surface area is 149 Å². The summed E-state index contributed by atoms with van der Waals surface area (Å²) in [6, 6.07) is 8.00. The molecule has 0 spiro atoms. The third kappa shape index (κ3) is 4.78. The second-order valence-corrected chi connectivity index (χ2v) is 5.76. The van der Waals surface area contributed by atoms with Gasteiger partial charge in [0.05, 0.1) is 5.56 Å². The number of rotatable bonds is 6. The molecule has 9 nitrogen and oxygen atoms in total. The lowest BCUT2D eigenvalue weighted by Crippen LogP contribution is -2.48. The molecule has 0 saturated carbocycles. The number of benzene rings is 1. The van der Waals surface area contributed by atoms with Gasteiger partial charge >= 0.3 is 17.9 Å². The van der Waals surface area contributed by atoms with Gasteiger partial charge in [-0.1, -0.05) is 18.2 Å². The number of hydrogen-bond donors (Lipinski definition) is 2. The first kappa shape index (κ1) is 19.8. The van der Waals surface area contributed by atoms with Crippen LogP contribution >= 0.6 is 0 Å². The summed E-state index contributed by atoms with van der Waals surface area (Å²) in [5.74, 6) is -4.39. The van der Waals surface area contributed by atoms with E-state index in [2.05, 4.69) is 4.74 Å². The van der Waals surface area contributed by atoms with Crippen molar-refractivity contribution in [2.45, 2.75) is 37.9 Å². The number of aliphatic hydroxyl groups is 2. The highest BCUT2D eigenvalue weighted by Gasteiger charge is 2.57. The van der Waals surface area contributed by atoms with Crippen LogP contribution in [0.3, 0.4) is 0 Å². The number of carbonyl (C=O) groups is 3. The second kappa shape index (κ2) is 8.26. The Morgan fingerprint density at radius 3 is 2.31 bits per heavy atom. The SMILES string of the molecule is CC(=O)OC[C@H]1OC(O)(COC(C)=O)[C@@H](O)[C@@H]1OC(=O)c1ccccc1. The summed E-state index contributed by atoms with van der Waals surface area (Å²) in [4.78, 5) is 34.2. The highest BCUT2D eigenvalue weighted by atomic mass is 16.7. The van der Waals surface area contributed by atoms with Crippen LogP contribution in [0.4, 0.5) is 0 Å². The molecule has 0 amide bonds. The number of esters is 3. The third-order valence-corrected chi connectivity index (χ3v) is 3.68. The van der Waals surface area contributed by atoms with Crippen molar-refractivity contribution in [3.63, 3.8) is 0 Å². The van der Waals surface area contributed by atoms with E-state index in [-0.39, 0.29) is 12.2 Å². The maximum atomic E-state index is 12.2. The molecule has 0 bridgehead atoms. The molecule has 1 fully saturated rings. The van der Waals surface area contributed by atoms with Gasteiger partial charge in [0.1, 0.15) is 19.3 Å². The summed E-state index contributed by atoms with van der Waals surface area (Å²) in [5, 5.41) is 20.8. The van der Waals surface area contributed by atoms with Gasteiger partial charge in [0.2, 0.25) is 5.79 Å². The van der Waals surface area contributed by atoms with Gasteiger partial charge in [0.25, 0.3) is 0 Å². The van der Waals surface area contributed by atoms with E-state index in [1.165, 1.54) is 19.1 Å². The molecule has 26 heavy (non-hydrogen) atoms. The molecule has 0 aliphatic carbocycles. The fourth-order valence-electron chi connectivity index (χ4n) is 2.42. The van der Waals surface area contributed by atoms with Crippen molar-refractivity contribution in [2.75, 3.05) is 13.2 Å². The van der Waals surface area contributed by atoms with E-state index in [0.717, 1.165) is 6.92 Å². The minimum atomic E-state index is -2.31. The smallest absolute Gasteiger partial charge is 0.338 e. The fraction of sp³-hybridized carbons (Fsp3) is 0.471. The van der Waals surface area contributed by atoms with Crippen LogP contribution in [0.15, 0.2) is 30.3 Å². The first-order valence-corrected chi connectivity index (χ1v) is 7.84. The lowest BCUT2D eigenvalue weighted by atomic mass is 10.1. The number of aliphatic hydroxyl groups excluding tert-OH is 1. The normalized spacial score (nSPS) is 27.6. The zero-order chi connectivity index (χ0) is 19.3. The van der Waals surface area contributed by atoms with E-state index < -0.39 is 48.6 Å². The summed E-state index contributed by atoms with van der Waals surface area (Å²) in [7, 11) is 0. The second-order valence-electron chi connectivity index (χ2n) is 5.76. The minimum absolute atomic E-state index is 0.223. The molecule has 1 aliphatic heterocycles. The zero-order valence-corrected chi connectivity index (χ0v) is 14.3. The van der Waals surface area contributed by atoms with Crippen molar-refractivity contribution < 1.29 is 43.5 Å². The van der Waals surface area contributed by atoms with Gasteiger partial charge in [-0.05, 0) is 12.1 Å². The molecule has 0 radical (unpaired) electrons. The van der Waals surface area contributed by atoms with Crippen LogP contribution in [0.25, 0.3) is 0 Å². The summed E-state index contributed by atoms with van der Waals surface area (Å²) in [5.41, 5.74) is 0.223. The van der Waals surface area contributed by atoms with Gasteiger partial charge in [-0.15, -0.1) is 0 Å². The first-order valence-electron chi connectivity index (χ1n) is 7.84. The van der Waals surface area contributed by atoms with Gasteiger partial charge in [-0.2, -0.15) is 0 Å². The molecule has 1 aliphatic rings. The molecule has 1 saturated heterocycles. The molecule has 4 atom stereocenters. The van der Waals surface area contributed by atoms with E-state index in [0.29, 0.717) is 0 Å². The van der Waals surface area contributed by atoms with Crippen LogP contribution in [-0.4, -0.2) is 65.4 Å². The summed E-state index contributed by atoms with van der Waals surface area (Å²) >= 11 is 0. The lowest BCUT2D eigenvalue weighted by molar-refractivity contribution is -0.253. The Hall–Kier alpha value is -2.49. The molecule has 2 rings (SSSR count). The predicted molar refractivity (Wildman–Crippen MR) is 84.7 cm³/mol. The average molecular weight is 368 g/mol. The van der Waals surface area contributed by atoms with Crippen molar-refractivity contribution in [1.82, 2.24) is 0 Å². The highest BCUT2D eigenvalue weighted by Crippen LogP contribution is 2.32. The molecule has 0 aromatic heterocycles. The Morgan fingerprint density at radius 1 is 1.12 bits per heavy atom. The van der Waals surface area contributed by atoms with E-state index in [1.807, 2.05) is 0 Å². The van der Waals surface area contributed by atoms with Crippen molar-refractivity contribution in [3.05, 3.63) is 35.9 Å². The Kier molecular flexibility index (Phi) is 6.30. The van der Waals surface area contributed by atoms with Crippen LogP contribution in [0.5, 0.6) is 0 Å². The van der Waals surface area contributed by atoms with E-state index in [1.54, 1.807) is 18.2 Å². The molecular formula is C17H20O9. The zero-order valence-electron chi connectivity index (χ0n) is 14.3. The maximum Gasteiger partial charge on any atom is 0.338 e. The Balaban J connectivity index is 2.16. The Morgan fingerprint density at radius 2 is 1.73 bits per heavy atom. The Bertz CT molecular complexity index is 659. The van der Waals surface area contributed by atoms with Gasteiger partial charge < -0.3 is 29.2 Å². The van der Waals surface area contributed by atoms with Gasteiger partial charge in [-0.3, -0.25) is 9.59 Å². The molecule has 1 aromatic carbocycles. The molecule has 9 heteroatoms. The maximum absolute atomic E-state index is 12.2. The fourth-order valence-corrected chi connectivity index (χ4v) is 2.42. The number of ether oxygens (including phenoxy) is 4.